The van der Waals surface area contributed by atoms with Gasteiger partial charge in [0.2, 0.25) is 5.91 Å². The van der Waals surface area contributed by atoms with Crippen molar-refractivity contribution in [2.24, 2.45) is 16.8 Å². The number of carbonyl (C=O) groups is 1. The molecule has 4 nitrogen and oxygen atoms in total. The van der Waals surface area contributed by atoms with Crippen molar-refractivity contribution in [2.75, 3.05) is 0 Å². The lowest BCUT2D eigenvalue weighted by molar-refractivity contribution is -0.121. The van der Waals surface area contributed by atoms with E-state index in [1.807, 2.05) is 19.1 Å². The van der Waals surface area contributed by atoms with E-state index in [1.165, 1.54) is 37.4 Å². The molecular weight excluding hydrogens is 306 g/mol. The van der Waals surface area contributed by atoms with Gasteiger partial charge in [0, 0.05) is 0 Å². The molecule has 0 aromatic heterocycles. The Morgan fingerprint density at radius 2 is 2.09 bits per heavy atom. The number of thioether (sulfide) groups is 1. The minimum absolute atomic E-state index is 0.0193. The van der Waals surface area contributed by atoms with Crippen LogP contribution >= 0.6 is 11.8 Å². The summed E-state index contributed by atoms with van der Waals surface area (Å²) in [4.78, 5) is 17.4. The molecule has 3 aliphatic rings. The van der Waals surface area contributed by atoms with Gasteiger partial charge in [-0.25, -0.2) is 0 Å². The molecule has 0 radical (unpaired) electrons. The third-order valence-corrected chi connectivity index (χ3v) is 6.73. The monoisotopic (exact) mass is 325 g/mol. The van der Waals surface area contributed by atoms with Crippen molar-refractivity contribution < 1.29 is 4.79 Å². The van der Waals surface area contributed by atoms with Crippen molar-refractivity contribution in [1.29, 1.82) is 5.26 Å². The standard InChI is InChI=1S/C18H19N3OS/c1-18(14-6-3-11(10-19)4-7-14)16(22)21-17(23-18)20-15-9-12-2-5-13(15)8-12/h3-4,6-7,12-13,15H,2,5,8-9H2,1H3,(H,20,21,22)/t12-,13+,15?,18?/m0/s1. The maximum Gasteiger partial charge on any atom is 0.246 e. The molecule has 0 spiro atoms. The van der Waals surface area contributed by atoms with Crippen molar-refractivity contribution >= 4 is 22.8 Å². The second-order valence-electron chi connectivity index (χ2n) is 6.96. The molecule has 2 bridgehead atoms. The summed E-state index contributed by atoms with van der Waals surface area (Å²) in [6.07, 6.45) is 5.14. The summed E-state index contributed by atoms with van der Waals surface area (Å²) >= 11 is 1.51. The summed E-state index contributed by atoms with van der Waals surface area (Å²) < 4.78 is -0.662. The number of rotatable bonds is 2. The number of benzene rings is 1. The Bertz CT molecular complexity index is 721. The average molecular weight is 325 g/mol. The molecule has 1 heterocycles. The van der Waals surface area contributed by atoms with Crippen LogP contribution in [0.15, 0.2) is 29.3 Å². The van der Waals surface area contributed by atoms with Gasteiger partial charge < -0.3 is 5.32 Å². The fourth-order valence-electron chi connectivity index (χ4n) is 4.11. The Balaban J connectivity index is 1.56. The summed E-state index contributed by atoms with van der Waals surface area (Å²) in [6.45, 7) is 1.93. The quantitative estimate of drug-likeness (QED) is 0.908. The van der Waals surface area contributed by atoms with E-state index < -0.39 is 4.75 Å². The Morgan fingerprint density at radius 3 is 2.70 bits per heavy atom. The van der Waals surface area contributed by atoms with Crippen LogP contribution in [0, 0.1) is 23.2 Å². The molecule has 1 saturated heterocycles. The largest absolute Gasteiger partial charge is 0.304 e. The van der Waals surface area contributed by atoms with E-state index in [-0.39, 0.29) is 5.91 Å². The molecular formula is C18H19N3OS. The summed E-state index contributed by atoms with van der Waals surface area (Å²) in [5, 5.41) is 12.6. The molecule has 2 aliphatic carbocycles. The Kier molecular flexibility index (Phi) is 3.46. The highest BCUT2D eigenvalue weighted by Crippen LogP contribution is 2.47. The van der Waals surface area contributed by atoms with Crippen LogP contribution in [0.2, 0.25) is 0 Å². The molecule has 2 unspecified atom stereocenters. The summed E-state index contributed by atoms with van der Waals surface area (Å²) in [7, 11) is 0. The number of amides is 1. The highest BCUT2D eigenvalue weighted by Gasteiger charge is 2.45. The zero-order valence-corrected chi connectivity index (χ0v) is 13.9. The van der Waals surface area contributed by atoms with E-state index in [4.69, 9.17) is 10.3 Å². The minimum atomic E-state index is -0.662. The van der Waals surface area contributed by atoms with E-state index in [9.17, 15) is 4.79 Å². The summed E-state index contributed by atoms with van der Waals surface area (Å²) in [5.74, 6) is 1.54. The van der Waals surface area contributed by atoms with Gasteiger partial charge in [-0.3, -0.25) is 9.79 Å². The van der Waals surface area contributed by atoms with E-state index in [0.29, 0.717) is 17.5 Å². The van der Waals surface area contributed by atoms with E-state index in [1.54, 1.807) is 12.1 Å². The van der Waals surface area contributed by atoms with Crippen LogP contribution < -0.4 is 5.32 Å². The number of amidine groups is 1. The van der Waals surface area contributed by atoms with Crippen LogP contribution in [0.5, 0.6) is 0 Å². The highest BCUT2D eigenvalue weighted by molar-refractivity contribution is 8.15. The fourth-order valence-corrected chi connectivity index (χ4v) is 5.23. The maximum absolute atomic E-state index is 12.5. The van der Waals surface area contributed by atoms with Crippen LogP contribution in [0.4, 0.5) is 0 Å². The SMILES string of the molecule is CC1(c2ccc(C#N)cc2)SC(=NC2C[C@H]3CC[C@@H]2C3)NC1=O. The Morgan fingerprint density at radius 1 is 1.30 bits per heavy atom. The molecule has 23 heavy (non-hydrogen) atoms. The first-order chi connectivity index (χ1) is 11.1. The molecule has 4 atom stereocenters. The number of carbonyl (C=O) groups excluding carboxylic acids is 1. The number of hydrogen-bond acceptors (Lipinski definition) is 4. The second kappa shape index (κ2) is 5.38. The van der Waals surface area contributed by atoms with Crippen molar-refractivity contribution in [2.45, 2.75) is 43.4 Å². The van der Waals surface area contributed by atoms with Gasteiger partial charge in [-0.15, -0.1) is 0 Å². The normalized spacial score (nSPS) is 37.1. The fraction of sp³-hybridized carbons (Fsp3) is 0.500. The lowest BCUT2D eigenvalue weighted by atomic mass is 9.96. The van der Waals surface area contributed by atoms with Gasteiger partial charge in [-0.05, 0) is 55.7 Å². The van der Waals surface area contributed by atoms with Gasteiger partial charge in [0.1, 0.15) is 4.75 Å². The molecule has 5 heteroatoms. The zero-order chi connectivity index (χ0) is 16.0. The van der Waals surface area contributed by atoms with Gasteiger partial charge in [0.15, 0.2) is 5.17 Å². The van der Waals surface area contributed by atoms with E-state index in [2.05, 4.69) is 11.4 Å². The maximum atomic E-state index is 12.5. The smallest absolute Gasteiger partial charge is 0.246 e. The number of aliphatic imine (C=N–C) groups is 1. The molecule has 2 saturated carbocycles. The molecule has 4 rings (SSSR count). The second-order valence-corrected chi connectivity index (χ2v) is 8.36. The summed E-state index contributed by atoms with van der Waals surface area (Å²) in [5.41, 5.74) is 1.52. The van der Waals surface area contributed by atoms with Gasteiger partial charge in [0.25, 0.3) is 0 Å². The third kappa shape index (κ3) is 2.46. The molecule has 1 amide bonds. The Labute approximate surface area is 140 Å². The third-order valence-electron chi connectivity index (χ3n) is 5.50. The number of nitriles is 1. The minimum Gasteiger partial charge on any atom is -0.304 e. The van der Waals surface area contributed by atoms with Gasteiger partial charge in [-0.2, -0.15) is 5.26 Å². The number of nitrogens with zero attached hydrogens (tertiary/aromatic N) is 2. The van der Waals surface area contributed by atoms with Gasteiger partial charge >= 0.3 is 0 Å². The Hall–Kier alpha value is -1.80. The van der Waals surface area contributed by atoms with Crippen LogP contribution in [0.3, 0.4) is 0 Å². The van der Waals surface area contributed by atoms with E-state index >= 15 is 0 Å². The average Bonchev–Trinajstić information content (AvgIpc) is 3.24. The zero-order valence-electron chi connectivity index (χ0n) is 13.1. The van der Waals surface area contributed by atoms with Crippen molar-refractivity contribution in [3.63, 3.8) is 0 Å². The van der Waals surface area contributed by atoms with Crippen molar-refractivity contribution in [3.05, 3.63) is 35.4 Å². The molecule has 1 aliphatic heterocycles. The van der Waals surface area contributed by atoms with Crippen LogP contribution in [-0.2, 0) is 9.54 Å². The molecule has 1 N–H and O–H groups in total. The van der Waals surface area contributed by atoms with Crippen molar-refractivity contribution in [3.8, 4) is 6.07 Å². The summed E-state index contributed by atoms with van der Waals surface area (Å²) in [6, 6.07) is 9.76. The van der Waals surface area contributed by atoms with Gasteiger partial charge in [0.05, 0.1) is 17.7 Å². The van der Waals surface area contributed by atoms with Gasteiger partial charge in [-0.1, -0.05) is 30.3 Å². The molecule has 3 fully saturated rings. The van der Waals surface area contributed by atoms with Crippen molar-refractivity contribution in [1.82, 2.24) is 5.32 Å². The molecule has 1 aromatic rings. The highest BCUT2D eigenvalue weighted by atomic mass is 32.2. The predicted molar refractivity (Wildman–Crippen MR) is 90.9 cm³/mol. The first kappa shape index (κ1) is 14.8. The molecule has 1 aromatic carbocycles. The van der Waals surface area contributed by atoms with Crippen LogP contribution in [0.1, 0.15) is 43.7 Å². The van der Waals surface area contributed by atoms with E-state index in [0.717, 1.165) is 16.6 Å². The number of nitrogens with one attached hydrogen (secondary N) is 1. The first-order valence-electron chi connectivity index (χ1n) is 8.17. The first-order valence-corrected chi connectivity index (χ1v) is 8.99. The lowest BCUT2D eigenvalue weighted by Crippen LogP contribution is -2.32. The number of hydrogen-bond donors (Lipinski definition) is 1. The van der Waals surface area contributed by atoms with Crippen LogP contribution in [0.25, 0.3) is 0 Å². The topological polar surface area (TPSA) is 65.2 Å². The van der Waals surface area contributed by atoms with Crippen LogP contribution in [-0.4, -0.2) is 17.1 Å². The number of fused-ring (bicyclic) bond motifs is 2. The lowest BCUT2D eigenvalue weighted by Gasteiger charge is -2.20. The predicted octanol–water partition coefficient (Wildman–Crippen LogP) is 3.18. The molecule has 118 valence electrons.